The molecule has 1 aliphatic rings. The van der Waals surface area contributed by atoms with E-state index in [9.17, 15) is 9.59 Å². The van der Waals surface area contributed by atoms with Gasteiger partial charge in [-0.1, -0.05) is 6.08 Å². The Kier molecular flexibility index (Phi) is 3.91. The molecule has 5 nitrogen and oxygen atoms in total. The van der Waals surface area contributed by atoms with Crippen molar-refractivity contribution in [1.29, 1.82) is 0 Å². The fourth-order valence-electron chi connectivity index (χ4n) is 1.32. The Balaban J connectivity index is 2.50. The summed E-state index contributed by atoms with van der Waals surface area (Å²) in [5.41, 5.74) is 0. The SMILES string of the molecule is O=C(O)CC(CC1C=CC=CO1)C(=O)O. The van der Waals surface area contributed by atoms with Gasteiger partial charge < -0.3 is 14.9 Å². The summed E-state index contributed by atoms with van der Waals surface area (Å²) >= 11 is 0. The molecule has 0 saturated carbocycles. The minimum Gasteiger partial charge on any atom is -0.494 e. The van der Waals surface area contributed by atoms with E-state index in [0.717, 1.165) is 0 Å². The Morgan fingerprint density at radius 2 is 2.07 bits per heavy atom. The number of hydrogen-bond acceptors (Lipinski definition) is 3. The van der Waals surface area contributed by atoms with Crippen LogP contribution in [0.1, 0.15) is 12.8 Å². The molecule has 2 N–H and O–H groups in total. The Bertz CT molecular complexity index is 305. The topological polar surface area (TPSA) is 83.8 Å². The highest BCUT2D eigenvalue weighted by Crippen LogP contribution is 2.17. The van der Waals surface area contributed by atoms with Gasteiger partial charge in [0.1, 0.15) is 6.10 Å². The first-order chi connectivity index (χ1) is 7.09. The maximum Gasteiger partial charge on any atom is 0.307 e. The molecule has 0 aromatic heterocycles. The van der Waals surface area contributed by atoms with E-state index in [1.54, 1.807) is 18.2 Å². The average Bonchev–Trinajstić information content (AvgIpc) is 2.17. The van der Waals surface area contributed by atoms with Crippen LogP contribution in [0, 0.1) is 5.92 Å². The molecular formula is C10H12O5. The predicted molar refractivity (Wildman–Crippen MR) is 51.1 cm³/mol. The maximum absolute atomic E-state index is 10.7. The van der Waals surface area contributed by atoms with Crippen LogP contribution in [-0.2, 0) is 14.3 Å². The summed E-state index contributed by atoms with van der Waals surface area (Å²) in [5.74, 6) is -3.13. The number of carboxylic acid groups (broad SMARTS) is 2. The summed E-state index contributed by atoms with van der Waals surface area (Å²) in [6, 6.07) is 0. The van der Waals surface area contributed by atoms with Gasteiger partial charge in [-0.2, -0.15) is 0 Å². The first-order valence-corrected chi connectivity index (χ1v) is 4.53. The van der Waals surface area contributed by atoms with Gasteiger partial charge in [-0.05, 0) is 12.2 Å². The molecule has 1 heterocycles. The fraction of sp³-hybridized carbons (Fsp3) is 0.400. The second-order valence-electron chi connectivity index (χ2n) is 3.26. The molecule has 0 radical (unpaired) electrons. The molecule has 5 heteroatoms. The molecular weight excluding hydrogens is 200 g/mol. The smallest absolute Gasteiger partial charge is 0.307 e. The third-order valence-corrected chi connectivity index (χ3v) is 2.06. The number of carboxylic acids is 2. The number of ether oxygens (including phenoxy) is 1. The molecule has 1 rings (SSSR count). The van der Waals surface area contributed by atoms with Crippen molar-refractivity contribution in [2.45, 2.75) is 18.9 Å². The molecule has 2 atom stereocenters. The molecule has 1 aliphatic heterocycles. The number of rotatable bonds is 5. The van der Waals surface area contributed by atoms with Crippen LogP contribution in [0.5, 0.6) is 0 Å². The summed E-state index contributed by atoms with van der Waals surface area (Å²) < 4.78 is 5.12. The lowest BCUT2D eigenvalue weighted by molar-refractivity contribution is -0.149. The van der Waals surface area contributed by atoms with E-state index < -0.39 is 17.9 Å². The summed E-state index contributed by atoms with van der Waals surface area (Å²) in [7, 11) is 0. The van der Waals surface area contributed by atoms with Crippen molar-refractivity contribution in [2.24, 2.45) is 5.92 Å². The Morgan fingerprint density at radius 3 is 2.53 bits per heavy atom. The number of hydrogen-bond donors (Lipinski definition) is 2. The van der Waals surface area contributed by atoms with Gasteiger partial charge in [0.05, 0.1) is 18.6 Å². The molecule has 0 spiro atoms. The molecule has 0 fully saturated rings. The number of carbonyl (C=O) groups is 2. The zero-order valence-corrected chi connectivity index (χ0v) is 8.00. The molecule has 0 aliphatic carbocycles. The third-order valence-electron chi connectivity index (χ3n) is 2.06. The summed E-state index contributed by atoms with van der Waals surface area (Å²) in [6.07, 6.45) is 6.03. The average molecular weight is 212 g/mol. The molecule has 0 bridgehead atoms. The van der Waals surface area contributed by atoms with E-state index in [1.807, 2.05) is 0 Å². The number of aliphatic carboxylic acids is 2. The van der Waals surface area contributed by atoms with Crippen LogP contribution < -0.4 is 0 Å². The van der Waals surface area contributed by atoms with Crippen molar-refractivity contribution in [3.05, 3.63) is 24.5 Å². The van der Waals surface area contributed by atoms with Gasteiger partial charge in [0.15, 0.2) is 0 Å². The summed E-state index contributed by atoms with van der Waals surface area (Å²) in [5, 5.41) is 17.3. The van der Waals surface area contributed by atoms with E-state index in [4.69, 9.17) is 14.9 Å². The molecule has 0 saturated heterocycles. The zero-order valence-electron chi connectivity index (χ0n) is 8.00. The first-order valence-electron chi connectivity index (χ1n) is 4.53. The van der Waals surface area contributed by atoms with Gasteiger partial charge in [0.2, 0.25) is 0 Å². The highest BCUT2D eigenvalue weighted by molar-refractivity contribution is 5.77. The van der Waals surface area contributed by atoms with E-state index >= 15 is 0 Å². The van der Waals surface area contributed by atoms with Gasteiger partial charge in [-0.3, -0.25) is 9.59 Å². The highest BCUT2D eigenvalue weighted by Gasteiger charge is 2.24. The minimum atomic E-state index is -1.11. The lowest BCUT2D eigenvalue weighted by Crippen LogP contribution is -2.23. The normalized spacial score (nSPS) is 20.7. The van der Waals surface area contributed by atoms with Gasteiger partial charge >= 0.3 is 11.9 Å². The Hall–Kier alpha value is -1.78. The molecule has 0 aromatic carbocycles. The highest BCUT2D eigenvalue weighted by atomic mass is 16.5. The Labute approximate surface area is 86.7 Å². The quantitative estimate of drug-likeness (QED) is 0.710. The van der Waals surface area contributed by atoms with Gasteiger partial charge in [-0.15, -0.1) is 0 Å². The van der Waals surface area contributed by atoms with Crippen molar-refractivity contribution in [3.63, 3.8) is 0 Å². The lowest BCUT2D eigenvalue weighted by Gasteiger charge is -2.18. The van der Waals surface area contributed by atoms with Crippen LogP contribution in [0.2, 0.25) is 0 Å². The van der Waals surface area contributed by atoms with Crippen LogP contribution in [0.3, 0.4) is 0 Å². The van der Waals surface area contributed by atoms with Crippen molar-refractivity contribution in [3.8, 4) is 0 Å². The van der Waals surface area contributed by atoms with Gasteiger partial charge in [0.25, 0.3) is 0 Å². The van der Waals surface area contributed by atoms with Crippen molar-refractivity contribution in [1.82, 2.24) is 0 Å². The third kappa shape index (κ3) is 3.84. The van der Waals surface area contributed by atoms with Gasteiger partial charge in [-0.25, -0.2) is 0 Å². The lowest BCUT2D eigenvalue weighted by atomic mass is 9.97. The Morgan fingerprint density at radius 1 is 1.33 bits per heavy atom. The van der Waals surface area contributed by atoms with E-state index in [-0.39, 0.29) is 18.9 Å². The van der Waals surface area contributed by atoms with Crippen LogP contribution in [0.15, 0.2) is 24.5 Å². The van der Waals surface area contributed by atoms with Crippen LogP contribution in [0.4, 0.5) is 0 Å². The minimum absolute atomic E-state index is 0.169. The van der Waals surface area contributed by atoms with E-state index in [2.05, 4.69) is 0 Å². The zero-order chi connectivity index (χ0) is 11.3. The van der Waals surface area contributed by atoms with Crippen LogP contribution in [0.25, 0.3) is 0 Å². The first kappa shape index (κ1) is 11.3. The van der Waals surface area contributed by atoms with Crippen molar-refractivity contribution in [2.75, 3.05) is 0 Å². The number of allylic oxidation sites excluding steroid dienone is 2. The maximum atomic E-state index is 10.7. The van der Waals surface area contributed by atoms with Crippen molar-refractivity contribution >= 4 is 11.9 Å². The van der Waals surface area contributed by atoms with E-state index in [0.29, 0.717) is 0 Å². The second kappa shape index (κ2) is 5.19. The fourth-order valence-corrected chi connectivity index (χ4v) is 1.32. The molecule has 0 aromatic rings. The molecule has 0 amide bonds. The van der Waals surface area contributed by atoms with Crippen LogP contribution in [-0.4, -0.2) is 28.3 Å². The van der Waals surface area contributed by atoms with Crippen LogP contribution >= 0.6 is 0 Å². The molecule has 2 unspecified atom stereocenters. The summed E-state index contributed by atoms with van der Waals surface area (Å²) in [6.45, 7) is 0. The standard InChI is InChI=1S/C10H12O5/c11-9(12)6-7(10(13)14)5-8-3-1-2-4-15-8/h1-4,7-8H,5-6H2,(H,11,12)(H,13,14). The van der Waals surface area contributed by atoms with Crippen molar-refractivity contribution < 1.29 is 24.5 Å². The predicted octanol–water partition coefficient (Wildman–Crippen LogP) is 1.02. The monoisotopic (exact) mass is 212 g/mol. The largest absolute Gasteiger partial charge is 0.494 e. The second-order valence-corrected chi connectivity index (χ2v) is 3.26. The summed E-state index contributed by atoms with van der Waals surface area (Å²) in [4.78, 5) is 21.2. The van der Waals surface area contributed by atoms with Gasteiger partial charge in [0, 0.05) is 6.42 Å². The molecule has 15 heavy (non-hydrogen) atoms. The molecule has 82 valence electrons. The van der Waals surface area contributed by atoms with E-state index in [1.165, 1.54) is 6.26 Å².